The van der Waals surface area contributed by atoms with Gasteiger partial charge in [0.1, 0.15) is 0 Å². The SMILES string of the molecule is O=C(Cc1ccc(C(F)(F)F)cc1)NCCCCCCI. The van der Waals surface area contributed by atoms with Gasteiger partial charge in [0.2, 0.25) is 5.91 Å². The van der Waals surface area contributed by atoms with E-state index in [0.717, 1.165) is 35.8 Å². The Kier molecular flexibility index (Phi) is 8.06. The Morgan fingerprint density at radius 3 is 2.24 bits per heavy atom. The first-order valence-corrected chi connectivity index (χ1v) is 8.45. The first-order valence-electron chi connectivity index (χ1n) is 6.92. The molecule has 0 aliphatic heterocycles. The summed E-state index contributed by atoms with van der Waals surface area (Å²) >= 11 is 2.34. The number of nitrogens with one attached hydrogen (secondary N) is 1. The minimum atomic E-state index is -4.33. The Labute approximate surface area is 136 Å². The normalized spacial score (nSPS) is 11.4. The van der Waals surface area contributed by atoms with Gasteiger partial charge in [-0.1, -0.05) is 47.6 Å². The van der Waals surface area contributed by atoms with E-state index in [4.69, 9.17) is 0 Å². The van der Waals surface area contributed by atoms with Crippen LogP contribution in [-0.4, -0.2) is 16.9 Å². The van der Waals surface area contributed by atoms with Crippen LogP contribution < -0.4 is 5.32 Å². The number of amides is 1. The zero-order chi connectivity index (χ0) is 15.7. The van der Waals surface area contributed by atoms with Crippen LogP contribution in [0.3, 0.4) is 0 Å². The van der Waals surface area contributed by atoms with E-state index < -0.39 is 11.7 Å². The minimum absolute atomic E-state index is 0.117. The summed E-state index contributed by atoms with van der Waals surface area (Å²) in [4.78, 5) is 11.6. The molecule has 1 N–H and O–H groups in total. The molecule has 1 aromatic carbocycles. The number of hydrogen-bond acceptors (Lipinski definition) is 1. The largest absolute Gasteiger partial charge is 0.416 e. The van der Waals surface area contributed by atoms with Crippen molar-refractivity contribution in [2.75, 3.05) is 11.0 Å². The number of hydrogen-bond donors (Lipinski definition) is 1. The van der Waals surface area contributed by atoms with Crippen LogP contribution in [0.1, 0.15) is 36.8 Å². The second-order valence-corrected chi connectivity index (χ2v) is 5.90. The molecule has 0 radical (unpaired) electrons. The monoisotopic (exact) mass is 413 g/mol. The molecule has 1 amide bonds. The number of unbranched alkanes of at least 4 members (excludes halogenated alkanes) is 3. The zero-order valence-electron chi connectivity index (χ0n) is 11.7. The van der Waals surface area contributed by atoms with E-state index in [1.54, 1.807) is 0 Å². The minimum Gasteiger partial charge on any atom is -0.356 e. The predicted octanol–water partition coefficient (Wildman–Crippen LogP) is 4.36. The van der Waals surface area contributed by atoms with Gasteiger partial charge in [0.15, 0.2) is 0 Å². The lowest BCUT2D eigenvalue weighted by atomic mass is 10.1. The van der Waals surface area contributed by atoms with Crippen LogP contribution in [0.4, 0.5) is 13.2 Å². The van der Waals surface area contributed by atoms with E-state index in [-0.39, 0.29) is 12.3 Å². The van der Waals surface area contributed by atoms with Crippen LogP contribution in [0.25, 0.3) is 0 Å². The Morgan fingerprint density at radius 2 is 1.67 bits per heavy atom. The van der Waals surface area contributed by atoms with Crippen molar-refractivity contribution in [1.82, 2.24) is 5.32 Å². The van der Waals surface area contributed by atoms with E-state index in [9.17, 15) is 18.0 Å². The predicted molar refractivity (Wildman–Crippen MR) is 85.5 cm³/mol. The smallest absolute Gasteiger partial charge is 0.356 e. The van der Waals surface area contributed by atoms with E-state index >= 15 is 0 Å². The number of benzene rings is 1. The Hall–Kier alpha value is -0.790. The van der Waals surface area contributed by atoms with Gasteiger partial charge in [-0.25, -0.2) is 0 Å². The van der Waals surface area contributed by atoms with Crippen LogP contribution in [0.5, 0.6) is 0 Å². The molecule has 1 rings (SSSR count). The third kappa shape index (κ3) is 7.68. The fourth-order valence-corrected chi connectivity index (χ4v) is 2.40. The Balaban J connectivity index is 2.28. The summed E-state index contributed by atoms with van der Waals surface area (Å²) in [5.74, 6) is -0.149. The first kappa shape index (κ1) is 18.3. The van der Waals surface area contributed by atoms with Gasteiger partial charge in [-0.05, 0) is 35.0 Å². The molecule has 0 unspecified atom stereocenters. The Morgan fingerprint density at radius 1 is 1.05 bits per heavy atom. The third-order valence-corrected chi connectivity index (χ3v) is 3.79. The third-order valence-electron chi connectivity index (χ3n) is 3.03. The second-order valence-electron chi connectivity index (χ2n) is 4.82. The lowest BCUT2D eigenvalue weighted by Crippen LogP contribution is -2.26. The summed E-state index contributed by atoms with van der Waals surface area (Å²) in [5, 5.41) is 2.79. The fourth-order valence-electron chi connectivity index (χ4n) is 1.86. The van der Waals surface area contributed by atoms with Crippen molar-refractivity contribution in [1.29, 1.82) is 0 Å². The number of rotatable bonds is 8. The number of carbonyl (C=O) groups excluding carboxylic acids is 1. The maximum Gasteiger partial charge on any atom is 0.416 e. The molecule has 0 spiro atoms. The summed E-state index contributed by atoms with van der Waals surface area (Å²) in [6, 6.07) is 4.71. The molecule has 0 fully saturated rings. The lowest BCUT2D eigenvalue weighted by Gasteiger charge is -2.08. The molecule has 0 bridgehead atoms. The quantitative estimate of drug-likeness (QED) is 0.383. The molecular weight excluding hydrogens is 394 g/mol. The van der Waals surface area contributed by atoms with E-state index in [1.807, 2.05) is 0 Å². The molecule has 0 aromatic heterocycles. The van der Waals surface area contributed by atoms with Crippen molar-refractivity contribution in [3.05, 3.63) is 35.4 Å². The Bertz CT molecular complexity index is 432. The summed E-state index contributed by atoms with van der Waals surface area (Å²) in [6.07, 6.45) is 0.168. The van der Waals surface area contributed by atoms with Gasteiger partial charge in [0.05, 0.1) is 12.0 Å². The molecule has 0 saturated heterocycles. The van der Waals surface area contributed by atoms with Crippen LogP contribution in [0.15, 0.2) is 24.3 Å². The standard InChI is InChI=1S/C15H19F3INO/c16-15(17,18)13-7-5-12(6-8-13)11-14(21)20-10-4-2-1-3-9-19/h5-8H,1-4,9-11H2,(H,20,21). The molecule has 21 heavy (non-hydrogen) atoms. The number of carbonyl (C=O) groups is 1. The molecule has 0 atom stereocenters. The molecule has 2 nitrogen and oxygen atoms in total. The van der Waals surface area contributed by atoms with Crippen LogP contribution in [0.2, 0.25) is 0 Å². The molecule has 1 aromatic rings. The summed E-state index contributed by atoms with van der Waals surface area (Å²) in [5.41, 5.74) is -0.104. The van der Waals surface area contributed by atoms with Crippen molar-refractivity contribution in [3.8, 4) is 0 Å². The highest BCUT2D eigenvalue weighted by Crippen LogP contribution is 2.29. The first-order chi connectivity index (χ1) is 9.93. The molecule has 0 saturated carbocycles. The fraction of sp³-hybridized carbons (Fsp3) is 0.533. The molecule has 0 aliphatic carbocycles. The van der Waals surface area contributed by atoms with Crippen molar-refractivity contribution < 1.29 is 18.0 Å². The van der Waals surface area contributed by atoms with Crippen molar-refractivity contribution in [3.63, 3.8) is 0 Å². The zero-order valence-corrected chi connectivity index (χ0v) is 13.8. The van der Waals surface area contributed by atoms with Crippen molar-refractivity contribution in [2.45, 2.75) is 38.3 Å². The highest BCUT2D eigenvalue weighted by molar-refractivity contribution is 14.1. The second kappa shape index (κ2) is 9.27. The lowest BCUT2D eigenvalue weighted by molar-refractivity contribution is -0.137. The van der Waals surface area contributed by atoms with Gasteiger partial charge in [0.25, 0.3) is 0 Å². The van der Waals surface area contributed by atoms with Gasteiger partial charge >= 0.3 is 6.18 Å². The van der Waals surface area contributed by atoms with Crippen molar-refractivity contribution >= 4 is 28.5 Å². The summed E-state index contributed by atoms with van der Waals surface area (Å²) < 4.78 is 38.3. The molecule has 0 heterocycles. The van der Waals surface area contributed by atoms with Gasteiger partial charge in [0, 0.05) is 6.54 Å². The molecule has 6 heteroatoms. The molecule has 118 valence electrons. The topological polar surface area (TPSA) is 29.1 Å². The number of halogens is 4. The molecule has 0 aliphatic rings. The van der Waals surface area contributed by atoms with Crippen LogP contribution in [-0.2, 0) is 17.4 Å². The van der Waals surface area contributed by atoms with Gasteiger partial charge < -0.3 is 5.32 Å². The number of alkyl halides is 4. The highest BCUT2D eigenvalue weighted by atomic mass is 127. The van der Waals surface area contributed by atoms with Crippen LogP contribution in [0, 0.1) is 0 Å². The van der Waals surface area contributed by atoms with E-state index in [1.165, 1.54) is 18.6 Å². The maximum absolute atomic E-state index is 12.4. The van der Waals surface area contributed by atoms with Crippen molar-refractivity contribution in [2.24, 2.45) is 0 Å². The summed E-state index contributed by atoms with van der Waals surface area (Å²) in [6.45, 7) is 0.626. The van der Waals surface area contributed by atoms with Gasteiger partial charge in [-0.15, -0.1) is 0 Å². The van der Waals surface area contributed by atoms with Gasteiger partial charge in [-0.3, -0.25) is 4.79 Å². The molecular formula is C15H19F3INO. The average molecular weight is 413 g/mol. The van der Waals surface area contributed by atoms with Gasteiger partial charge in [-0.2, -0.15) is 13.2 Å². The highest BCUT2D eigenvalue weighted by Gasteiger charge is 2.29. The maximum atomic E-state index is 12.4. The van der Waals surface area contributed by atoms with Crippen LogP contribution >= 0.6 is 22.6 Å². The van der Waals surface area contributed by atoms with E-state index in [0.29, 0.717) is 12.1 Å². The van der Waals surface area contributed by atoms with E-state index in [2.05, 4.69) is 27.9 Å². The average Bonchev–Trinajstić information content (AvgIpc) is 2.42. The summed E-state index contributed by atoms with van der Waals surface area (Å²) in [7, 11) is 0.